The van der Waals surface area contributed by atoms with Gasteiger partial charge < -0.3 is 19.5 Å². The van der Waals surface area contributed by atoms with E-state index in [1.807, 2.05) is 0 Å². The SMILES string of the molecule is COc1cc(C(=O)NC(=S)Nc2ccc(C)c(F)c2)cc(OC)c1OC. The highest BCUT2D eigenvalue weighted by atomic mass is 32.1. The number of carbonyl (C=O) groups is 1. The average molecular weight is 378 g/mol. The maximum atomic E-state index is 13.6. The summed E-state index contributed by atoms with van der Waals surface area (Å²) in [4.78, 5) is 12.4. The molecule has 6 nitrogen and oxygen atoms in total. The van der Waals surface area contributed by atoms with Gasteiger partial charge in [-0.25, -0.2) is 4.39 Å². The number of amides is 1. The first-order valence-electron chi connectivity index (χ1n) is 7.58. The summed E-state index contributed by atoms with van der Waals surface area (Å²) < 4.78 is 29.2. The normalized spacial score (nSPS) is 10.0. The highest BCUT2D eigenvalue weighted by Crippen LogP contribution is 2.38. The molecule has 2 N–H and O–H groups in total. The fraction of sp³-hybridized carbons (Fsp3) is 0.222. The van der Waals surface area contributed by atoms with Gasteiger partial charge in [-0.15, -0.1) is 0 Å². The predicted octanol–water partition coefficient (Wildman–Crippen LogP) is 3.29. The van der Waals surface area contributed by atoms with E-state index in [1.165, 1.54) is 39.5 Å². The minimum absolute atomic E-state index is 0.0343. The van der Waals surface area contributed by atoms with Crippen molar-refractivity contribution in [3.8, 4) is 17.2 Å². The zero-order chi connectivity index (χ0) is 19.3. The number of hydrogen-bond donors (Lipinski definition) is 2. The molecule has 2 rings (SSSR count). The average Bonchev–Trinajstić information content (AvgIpc) is 2.63. The number of anilines is 1. The molecular weight excluding hydrogens is 359 g/mol. The number of carbonyl (C=O) groups excluding carboxylic acids is 1. The van der Waals surface area contributed by atoms with Crippen LogP contribution in [0.2, 0.25) is 0 Å². The molecule has 26 heavy (non-hydrogen) atoms. The molecule has 1 amide bonds. The summed E-state index contributed by atoms with van der Waals surface area (Å²) in [5.41, 5.74) is 1.21. The van der Waals surface area contributed by atoms with Crippen LogP contribution < -0.4 is 24.8 Å². The fourth-order valence-corrected chi connectivity index (χ4v) is 2.43. The number of ether oxygens (including phenoxy) is 3. The van der Waals surface area contributed by atoms with Crippen molar-refractivity contribution < 1.29 is 23.4 Å². The van der Waals surface area contributed by atoms with Crippen LogP contribution >= 0.6 is 12.2 Å². The predicted molar refractivity (Wildman–Crippen MR) is 101 cm³/mol. The Hall–Kier alpha value is -2.87. The summed E-state index contributed by atoms with van der Waals surface area (Å²) in [5.74, 6) is 0.221. The Morgan fingerprint density at radius 1 is 1.04 bits per heavy atom. The van der Waals surface area contributed by atoms with Crippen molar-refractivity contribution in [1.82, 2.24) is 5.32 Å². The third-order valence-corrected chi connectivity index (χ3v) is 3.79. The van der Waals surface area contributed by atoms with Crippen molar-refractivity contribution in [3.05, 3.63) is 47.3 Å². The molecule has 0 aliphatic rings. The molecule has 2 aromatic rings. The minimum Gasteiger partial charge on any atom is -0.493 e. The lowest BCUT2D eigenvalue weighted by Crippen LogP contribution is -2.34. The monoisotopic (exact) mass is 378 g/mol. The molecule has 8 heteroatoms. The molecule has 0 fully saturated rings. The van der Waals surface area contributed by atoms with Crippen LogP contribution in [0.15, 0.2) is 30.3 Å². The van der Waals surface area contributed by atoms with Gasteiger partial charge in [0.25, 0.3) is 5.91 Å². The third kappa shape index (κ3) is 4.40. The Balaban J connectivity index is 2.15. The molecule has 0 aromatic heterocycles. The number of halogens is 1. The zero-order valence-corrected chi connectivity index (χ0v) is 15.6. The van der Waals surface area contributed by atoms with Crippen LogP contribution in [0.25, 0.3) is 0 Å². The number of rotatable bonds is 5. The first-order valence-corrected chi connectivity index (χ1v) is 7.99. The molecule has 0 aliphatic carbocycles. The van der Waals surface area contributed by atoms with E-state index in [-0.39, 0.29) is 16.5 Å². The van der Waals surface area contributed by atoms with E-state index in [4.69, 9.17) is 26.4 Å². The van der Waals surface area contributed by atoms with Crippen molar-refractivity contribution in [2.45, 2.75) is 6.92 Å². The standard InChI is InChI=1S/C18H19FN2O4S/c1-10-5-6-12(9-13(10)19)20-18(26)21-17(22)11-7-14(23-2)16(25-4)15(8-11)24-3/h5-9H,1-4H3,(H2,20,21,22,26). The molecule has 0 atom stereocenters. The van der Waals surface area contributed by atoms with E-state index < -0.39 is 5.91 Å². The maximum absolute atomic E-state index is 13.6. The van der Waals surface area contributed by atoms with Gasteiger partial charge in [0.1, 0.15) is 5.82 Å². The maximum Gasteiger partial charge on any atom is 0.257 e. The number of methoxy groups -OCH3 is 3. The smallest absolute Gasteiger partial charge is 0.257 e. The van der Waals surface area contributed by atoms with Gasteiger partial charge in [-0.1, -0.05) is 6.07 Å². The fourth-order valence-electron chi connectivity index (χ4n) is 2.22. The Morgan fingerprint density at radius 3 is 2.15 bits per heavy atom. The van der Waals surface area contributed by atoms with Crippen molar-refractivity contribution in [2.75, 3.05) is 26.6 Å². The molecule has 2 aromatic carbocycles. The minimum atomic E-state index is -0.477. The first-order chi connectivity index (χ1) is 12.4. The van der Waals surface area contributed by atoms with Crippen LogP contribution in [-0.4, -0.2) is 32.3 Å². The van der Waals surface area contributed by atoms with E-state index in [0.717, 1.165) is 0 Å². The molecule has 0 spiro atoms. The lowest BCUT2D eigenvalue weighted by Gasteiger charge is -2.14. The number of aryl methyl sites for hydroxylation is 1. The van der Waals surface area contributed by atoms with Crippen molar-refractivity contribution in [3.63, 3.8) is 0 Å². The molecule has 0 saturated heterocycles. The van der Waals surface area contributed by atoms with Gasteiger partial charge >= 0.3 is 0 Å². The van der Waals surface area contributed by atoms with Crippen molar-refractivity contribution in [1.29, 1.82) is 0 Å². The van der Waals surface area contributed by atoms with Gasteiger partial charge in [-0.3, -0.25) is 10.1 Å². The van der Waals surface area contributed by atoms with E-state index >= 15 is 0 Å². The molecule has 0 unspecified atom stereocenters. The lowest BCUT2D eigenvalue weighted by atomic mass is 10.1. The lowest BCUT2D eigenvalue weighted by molar-refractivity contribution is 0.0977. The van der Waals surface area contributed by atoms with Crippen LogP contribution in [0.4, 0.5) is 10.1 Å². The largest absolute Gasteiger partial charge is 0.493 e. The van der Waals surface area contributed by atoms with E-state index in [2.05, 4.69) is 10.6 Å². The number of nitrogens with one attached hydrogen (secondary N) is 2. The van der Waals surface area contributed by atoms with Gasteiger partial charge in [-0.2, -0.15) is 0 Å². The number of hydrogen-bond acceptors (Lipinski definition) is 5. The van der Waals surface area contributed by atoms with Crippen molar-refractivity contribution >= 4 is 28.9 Å². The molecule has 0 aliphatic heterocycles. The van der Waals surface area contributed by atoms with Gasteiger partial charge in [0.2, 0.25) is 5.75 Å². The highest BCUT2D eigenvalue weighted by molar-refractivity contribution is 7.80. The molecule has 138 valence electrons. The zero-order valence-electron chi connectivity index (χ0n) is 14.8. The van der Waals surface area contributed by atoms with Crippen LogP contribution in [-0.2, 0) is 0 Å². The summed E-state index contributed by atoms with van der Waals surface area (Å²) in [6.07, 6.45) is 0. The van der Waals surface area contributed by atoms with Crippen LogP contribution in [0.5, 0.6) is 17.2 Å². The summed E-state index contributed by atoms with van der Waals surface area (Å²) in [7, 11) is 4.38. The third-order valence-electron chi connectivity index (χ3n) is 3.58. The summed E-state index contributed by atoms with van der Waals surface area (Å²) >= 11 is 5.11. The van der Waals surface area contributed by atoms with Gasteiger partial charge in [0.15, 0.2) is 16.6 Å². The van der Waals surface area contributed by atoms with Crippen LogP contribution in [0.1, 0.15) is 15.9 Å². The Bertz CT molecular complexity index is 817. The second-order valence-electron chi connectivity index (χ2n) is 5.29. The van der Waals surface area contributed by atoms with Crippen LogP contribution in [0.3, 0.4) is 0 Å². The Morgan fingerprint density at radius 2 is 1.65 bits per heavy atom. The summed E-state index contributed by atoms with van der Waals surface area (Å²) in [5, 5.41) is 5.32. The number of thiocarbonyl (C=S) groups is 1. The van der Waals surface area contributed by atoms with Gasteiger partial charge in [0.05, 0.1) is 21.3 Å². The summed E-state index contributed by atoms with van der Waals surface area (Å²) in [6, 6.07) is 7.58. The molecular formula is C18H19FN2O4S. The highest BCUT2D eigenvalue weighted by Gasteiger charge is 2.17. The number of benzene rings is 2. The second-order valence-corrected chi connectivity index (χ2v) is 5.69. The van der Waals surface area contributed by atoms with Crippen LogP contribution in [0, 0.1) is 12.7 Å². The van der Waals surface area contributed by atoms with E-state index in [1.54, 1.807) is 19.1 Å². The molecule has 0 bridgehead atoms. The van der Waals surface area contributed by atoms with E-state index in [0.29, 0.717) is 28.5 Å². The van der Waals surface area contributed by atoms with Gasteiger partial charge in [0, 0.05) is 11.3 Å². The topological polar surface area (TPSA) is 68.8 Å². The Kier molecular flexibility index (Phi) is 6.35. The first kappa shape index (κ1) is 19.5. The van der Waals surface area contributed by atoms with E-state index in [9.17, 15) is 9.18 Å². The second kappa shape index (κ2) is 8.48. The quantitative estimate of drug-likeness (QED) is 0.779. The summed E-state index contributed by atoms with van der Waals surface area (Å²) in [6.45, 7) is 1.66. The molecule has 0 radical (unpaired) electrons. The van der Waals surface area contributed by atoms with Gasteiger partial charge in [-0.05, 0) is 49.0 Å². The molecule has 0 saturated carbocycles. The Labute approximate surface area is 156 Å². The molecule has 0 heterocycles. The van der Waals surface area contributed by atoms with Crippen molar-refractivity contribution in [2.24, 2.45) is 0 Å².